The molecular weight excluding hydrogens is 292 g/mol. The number of nitrogens with zero attached hydrogens (tertiary/aromatic N) is 3. The summed E-state index contributed by atoms with van der Waals surface area (Å²) in [6.07, 6.45) is 1.78. The fourth-order valence-electron chi connectivity index (χ4n) is 1.93. The van der Waals surface area contributed by atoms with Crippen LogP contribution in [0, 0.1) is 11.3 Å². The number of rotatable bonds is 3. The first-order valence-electron chi connectivity index (χ1n) is 5.91. The van der Waals surface area contributed by atoms with E-state index in [1.54, 1.807) is 6.20 Å². The third-order valence-electron chi connectivity index (χ3n) is 2.83. The maximum absolute atomic E-state index is 8.86. The summed E-state index contributed by atoms with van der Waals surface area (Å²) in [6, 6.07) is 12.0. The van der Waals surface area contributed by atoms with E-state index in [4.69, 9.17) is 16.9 Å². The molecule has 3 aromatic rings. The van der Waals surface area contributed by atoms with Crippen molar-refractivity contribution in [1.29, 1.82) is 5.26 Å². The van der Waals surface area contributed by atoms with Gasteiger partial charge in [-0.05, 0) is 11.6 Å². The lowest BCUT2D eigenvalue weighted by atomic mass is 10.1. The molecule has 0 aliphatic rings. The Bertz CT molecular complexity index is 801. The van der Waals surface area contributed by atoms with E-state index in [1.807, 2.05) is 36.4 Å². The van der Waals surface area contributed by atoms with Gasteiger partial charge in [-0.2, -0.15) is 5.26 Å². The van der Waals surface area contributed by atoms with E-state index in [-0.39, 0.29) is 5.15 Å². The largest absolute Gasteiger partial charge is 0.357 e. The number of para-hydroxylation sites is 1. The summed E-state index contributed by atoms with van der Waals surface area (Å²) in [5.74, 6) is 0. The molecule has 98 valence electrons. The highest BCUT2D eigenvalue weighted by Crippen LogP contribution is 2.26. The zero-order valence-corrected chi connectivity index (χ0v) is 11.9. The van der Waals surface area contributed by atoms with Crippen molar-refractivity contribution >= 4 is 39.0 Å². The summed E-state index contributed by atoms with van der Waals surface area (Å²) in [6.45, 7) is 0.586. The van der Waals surface area contributed by atoms with Crippen molar-refractivity contribution in [3.8, 4) is 6.07 Å². The van der Waals surface area contributed by atoms with Crippen LogP contribution in [-0.2, 0) is 6.54 Å². The number of hydrogen-bond donors (Lipinski definition) is 1. The number of thiazole rings is 1. The van der Waals surface area contributed by atoms with Gasteiger partial charge in [-0.15, -0.1) is 0 Å². The Hall–Kier alpha value is -2.16. The Labute approximate surface area is 124 Å². The molecule has 3 rings (SSSR count). The summed E-state index contributed by atoms with van der Waals surface area (Å²) in [5.41, 5.74) is 2.04. The van der Waals surface area contributed by atoms with Crippen LogP contribution in [0.4, 0.5) is 5.13 Å². The predicted molar refractivity (Wildman–Crippen MR) is 80.9 cm³/mol. The topological polar surface area (TPSA) is 61.6 Å². The van der Waals surface area contributed by atoms with Gasteiger partial charge in [0.1, 0.15) is 10.9 Å². The fourth-order valence-corrected chi connectivity index (χ4v) is 2.87. The van der Waals surface area contributed by atoms with E-state index >= 15 is 0 Å². The van der Waals surface area contributed by atoms with Gasteiger partial charge in [0.15, 0.2) is 10.3 Å². The van der Waals surface area contributed by atoms with E-state index in [2.05, 4.69) is 15.3 Å². The molecule has 0 aliphatic heterocycles. The summed E-state index contributed by atoms with van der Waals surface area (Å²) in [7, 11) is 0. The fraction of sp³-hybridized carbons (Fsp3) is 0.0714. The van der Waals surface area contributed by atoms with E-state index < -0.39 is 0 Å². The molecule has 0 saturated carbocycles. The molecule has 0 amide bonds. The van der Waals surface area contributed by atoms with Crippen LogP contribution in [-0.4, -0.2) is 9.97 Å². The van der Waals surface area contributed by atoms with Crippen LogP contribution in [0.3, 0.4) is 0 Å². The number of anilines is 1. The maximum Gasteiger partial charge on any atom is 0.185 e. The molecule has 0 atom stereocenters. The number of aromatic nitrogens is 2. The summed E-state index contributed by atoms with van der Waals surface area (Å²) < 4.78 is 0. The molecule has 0 fully saturated rings. The number of fused-ring (bicyclic) bond motifs is 1. The third kappa shape index (κ3) is 2.44. The Morgan fingerprint density at radius 1 is 1.30 bits per heavy atom. The number of hydrogen-bond acceptors (Lipinski definition) is 5. The van der Waals surface area contributed by atoms with Gasteiger partial charge in [0, 0.05) is 18.1 Å². The molecule has 0 unspecified atom stereocenters. The van der Waals surface area contributed by atoms with Gasteiger partial charge in [-0.25, -0.2) is 4.98 Å². The van der Waals surface area contributed by atoms with Crippen molar-refractivity contribution in [3.05, 3.63) is 52.1 Å². The average molecular weight is 301 g/mol. The Morgan fingerprint density at radius 2 is 2.15 bits per heavy atom. The van der Waals surface area contributed by atoms with Gasteiger partial charge in [-0.1, -0.05) is 47.2 Å². The minimum atomic E-state index is 0.246. The molecule has 1 aromatic carbocycles. The number of halogens is 1. The van der Waals surface area contributed by atoms with Gasteiger partial charge in [0.05, 0.1) is 5.52 Å². The van der Waals surface area contributed by atoms with E-state index in [0.717, 1.165) is 16.5 Å². The lowest BCUT2D eigenvalue weighted by Gasteiger charge is -2.06. The zero-order chi connectivity index (χ0) is 13.9. The highest BCUT2D eigenvalue weighted by atomic mass is 35.5. The molecule has 4 nitrogen and oxygen atoms in total. The molecule has 0 bridgehead atoms. The smallest absolute Gasteiger partial charge is 0.185 e. The quantitative estimate of drug-likeness (QED) is 0.798. The Kier molecular flexibility index (Phi) is 3.50. The van der Waals surface area contributed by atoms with Crippen LogP contribution in [0.2, 0.25) is 5.15 Å². The molecule has 2 heterocycles. The lowest BCUT2D eigenvalue weighted by molar-refractivity contribution is 1.14. The SMILES string of the molecule is N#Cc1sc(NCc2cccc3cccnc23)nc1Cl. The van der Waals surface area contributed by atoms with Gasteiger partial charge in [0.2, 0.25) is 0 Å². The van der Waals surface area contributed by atoms with Crippen LogP contribution < -0.4 is 5.32 Å². The van der Waals surface area contributed by atoms with E-state index in [1.165, 1.54) is 11.3 Å². The molecule has 0 spiro atoms. The number of nitrogens with one attached hydrogen (secondary N) is 1. The molecule has 0 aliphatic carbocycles. The van der Waals surface area contributed by atoms with E-state index in [0.29, 0.717) is 16.6 Å². The molecule has 2 aromatic heterocycles. The zero-order valence-electron chi connectivity index (χ0n) is 10.3. The van der Waals surface area contributed by atoms with Gasteiger partial charge in [-0.3, -0.25) is 4.98 Å². The van der Waals surface area contributed by atoms with Crippen LogP contribution in [0.15, 0.2) is 36.5 Å². The highest BCUT2D eigenvalue weighted by Gasteiger charge is 2.09. The normalized spacial score (nSPS) is 10.4. The summed E-state index contributed by atoms with van der Waals surface area (Å²) >= 11 is 7.09. The van der Waals surface area contributed by atoms with Crippen molar-refractivity contribution in [3.63, 3.8) is 0 Å². The van der Waals surface area contributed by atoms with Gasteiger partial charge >= 0.3 is 0 Å². The third-order valence-corrected chi connectivity index (χ3v) is 4.14. The average Bonchev–Trinajstić information content (AvgIpc) is 2.85. The highest BCUT2D eigenvalue weighted by molar-refractivity contribution is 7.16. The van der Waals surface area contributed by atoms with Crippen molar-refractivity contribution in [1.82, 2.24) is 9.97 Å². The van der Waals surface area contributed by atoms with Crippen molar-refractivity contribution in [2.75, 3.05) is 5.32 Å². The molecule has 0 saturated heterocycles. The Balaban J connectivity index is 1.85. The van der Waals surface area contributed by atoms with Crippen LogP contribution in [0.25, 0.3) is 10.9 Å². The number of nitriles is 1. The number of pyridine rings is 1. The van der Waals surface area contributed by atoms with E-state index in [9.17, 15) is 0 Å². The molecule has 0 radical (unpaired) electrons. The first-order valence-corrected chi connectivity index (χ1v) is 7.10. The first kappa shape index (κ1) is 12.9. The molecule has 1 N–H and O–H groups in total. The van der Waals surface area contributed by atoms with Crippen LogP contribution in [0.5, 0.6) is 0 Å². The van der Waals surface area contributed by atoms with Crippen molar-refractivity contribution in [2.24, 2.45) is 0 Å². The minimum Gasteiger partial charge on any atom is -0.357 e. The second-order valence-electron chi connectivity index (χ2n) is 4.10. The van der Waals surface area contributed by atoms with Crippen LogP contribution in [0.1, 0.15) is 10.4 Å². The van der Waals surface area contributed by atoms with Crippen molar-refractivity contribution < 1.29 is 0 Å². The Morgan fingerprint density at radius 3 is 2.95 bits per heavy atom. The summed E-state index contributed by atoms with van der Waals surface area (Å²) in [4.78, 5) is 8.92. The monoisotopic (exact) mass is 300 g/mol. The standard InChI is InChI=1S/C14H9ClN4S/c15-13-11(7-16)20-14(19-13)18-8-10-4-1-3-9-5-2-6-17-12(9)10/h1-6H,8H2,(H,18,19). The maximum atomic E-state index is 8.86. The molecular formula is C14H9ClN4S. The molecule has 20 heavy (non-hydrogen) atoms. The predicted octanol–water partition coefficient (Wildman–Crippen LogP) is 3.83. The first-order chi connectivity index (χ1) is 9.78. The van der Waals surface area contributed by atoms with Gasteiger partial charge < -0.3 is 5.32 Å². The molecule has 6 heteroatoms. The second kappa shape index (κ2) is 5.45. The second-order valence-corrected chi connectivity index (χ2v) is 5.45. The summed E-state index contributed by atoms with van der Waals surface area (Å²) in [5, 5.41) is 14.0. The van der Waals surface area contributed by atoms with Crippen molar-refractivity contribution in [2.45, 2.75) is 6.54 Å². The minimum absolute atomic E-state index is 0.246. The number of benzene rings is 1. The van der Waals surface area contributed by atoms with Crippen LogP contribution >= 0.6 is 22.9 Å². The lowest BCUT2D eigenvalue weighted by Crippen LogP contribution is -2.00. The van der Waals surface area contributed by atoms with Gasteiger partial charge in [0.25, 0.3) is 0 Å².